The molecule has 1 amide bonds. The molecule has 0 saturated carbocycles. The van der Waals surface area contributed by atoms with Crippen molar-refractivity contribution in [3.8, 4) is 5.75 Å². The monoisotopic (exact) mass is 326 g/mol. The van der Waals surface area contributed by atoms with Crippen LogP contribution in [0.5, 0.6) is 5.75 Å². The van der Waals surface area contributed by atoms with Gasteiger partial charge in [-0.15, -0.1) is 0 Å². The molecule has 5 heteroatoms. The summed E-state index contributed by atoms with van der Waals surface area (Å²) < 4.78 is 19.1. The number of fused-ring (bicyclic) bond motifs is 2. The van der Waals surface area contributed by atoms with Crippen molar-refractivity contribution < 1.29 is 13.9 Å². The molecule has 2 aliphatic heterocycles. The molecule has 0 spiro atoms. The van der Waals surface area contributed by atoms with Crippen LogP contribution in [0.1, 0.15) is 36.0 Å². The van der Waals surface area contributed by atoms with Gasteiger partial charge in [-0.25, -0.2) is 4.39 Å². The van der Waals surface area contributed by atoms with Crippen molar-refractivity contribution in [3.63, 3.8) is 0 Å². The summed E-state index contributed by atoms with van der Waals surface area (Å²) in [6.07, 6.45) is 7.26. The van der Waals surface area contributed by atoms with Crippen molar-refractivity contribution in [3.05, 3.63) is 60.2 Å². The van der Waals surface area contributed by atoms with E-state index in [0.717, 1.165) is 31.4 Å². The molecule has 2 unspecified atom stereocenters. The van der Waals surface area contributed by atoms with Crippen LogP contribution in [0.25, 0.3) is 0 Å². The second-order valence-corrected chi connectivity index (χ2v) is 6.50. The lowest BCUT2D eigenvalue weighted by molar-refractivity contribution is 0.0358. The van der Waals surface area contributed by atoms with Gasteiger partial charge in [0.1, 0.15) is 17.7 Å². The zero-order chi connectivity index (χ0) is 16.5. The smallest absolute Gasteiger partial charge is 0.254 e. The Bertz CT molecular complexity index is 706. The molecule has 2 saturated heterocycles. The Morgan fingerprint density at radius 3 is 2.29 bits per heavy atom. The van der Waals surface area contributed by atoms with Gasteiger partial charge in [-0.1, -0.05) is 0 Å². The molecule has 2 bridgehead atoms. The highest BCUT2D eigenvalue weighted by molar-refractivity contribution is 5.94. The molecule has 4 rings (SSSR count). The van der Waals surface area contributed by atoms with Gasteiger partial charge in [-0.05, 0) is 49.2 Å². The van der Waals surface area contributed by atoms with E-state index in [1.165, 1.54) is 12.1 Å². The topological polar surface area (TPSA) is 42.4 Å². The molecule has 2 fully saturated rings. The number of ether oxygens (including phenoxy) is 1. The molecule has 124 valence electrons. The lowest BCUT2D eigenvalue weighted by atomic mass is 9.98. The minimum absolute atomic E-state index is 0.00450. The average molecular weight is 326 g/mol. The number of aromatic nitrogens is 1. The SMILES string of the molecule is O=C(c1ccc(F)cc1)N1C2CCC1CC(Oc1ccncc1)C2. The van der Waals surface area contributed by atoms with Crippen LogP contribution >= 0.6 is 0 Å². The summed E-state index contributed by atoms with van der Waals surface area (Å²) >= 11 is 0. The van der Waals surface area contributed by atoms with Crippen molar-refractivity contribution in [1.82, 2.24) is 9.88 Å². The van der Waals surface area contributed by atoms with E-state index in [1.54, 1.807) is 24.5 Å². The first-order valence-corrected chi connectivity index (χ1v) is 8.35. The van der Waals surface area contributed by atoms with Crippen LogP contribution in [0.2, 0.25) is 0 Å². The van der Waals surface area contributed by atoms with Gasteiger partial charge in [0.15, 0.2) is 0 Å². The Morgan fingerprint density at radius 2 is 1.67 bits per heavy atom. The highest BCUT2D eigenvalue weighted by Crippen LogP contribution is 2.38. The van der Waals surface area contributed by atoms with Crippen LogP contribution in [0.4, 0.5) is 4.39 Å². The first kappa shape index (κ1) is 15.1. The number of nitrogens with zero attached hydrogens (tertiary/aromatic N) is 2. The fraction of sp³-hybridized carbons (Fsp3) is 0.368. The lowest BCUT2D eigenvalue weighted by Crippen LogP contribution is -2.49. The summed E-state index contributed by atoms with van der Waals surface area (Å²) in [5, 5.41) is 0. The van der Waals surface area contributed by atoms with Crippen molar-refractivity contribution in [2.75, 3.05) is 0 Å². The first-order chi connectivity index (χ1) is 11.7. The Balaban J connectivity index is 1.47. The molecule has 4 nitrogen and oxygen atoms in total. The molecular formula is C19H19FN2O2. The van der Waals surface area contributed by atoms with Crippen molar-refractivity contribution in [1.29, 1.82) is 0 Å². The number of piperidine rings is 1. The molecule has 0 radical (unpaired) electrons. The number of carbonyl (C=O) groups excluding carboxylic acids is 1. The van der Waals surface area contributed by atoms with Crippen LogP contribution < -0.4 is 4.74 Å². The van der Waals surface area contributed by atoms with E-state index in [1.807, 2.05) is 17.0 Å². The normalized spacial score (nSPS) is 25.5. The maximum absolute atomic E-state index is 13.1. The summed E-state index contributed by atoms with van der Waals surface area (Å²) in [5.41, 5.74) is 0.557. The van der Waals surface area contributed by atoms with Crippen molar-refractivity contribution in [2.45, 2.75) is 43.9 Å². The van der Waals surface area contributed by atoms with Crippen molar-refractivity contribution in [2.24, 2.45) is 0 Å². The molecule has 2 atom stereocenters. The number of halogens is 1. The molecule has 2 aromatic rings. The highest BCUT2D eigenvalue weighted by atomic mass is 19.1. The van der Waals surface area contributed by atoms with Gasteiger partial charge >= 0.3 is 0 Å². The van der Waals surface area contributed by atoms with E-state index in [0.29, 0.717) is 5.56 Å². The quantitative estimate of drug-likeness (QED) is 0.868. The second-order valence-electron chi connectivity index (χ2n) is 6.50. The van der Waals surface area contributed by atoms with E-state index in [2.05, 4.69) is 4.98 Å². The van der Waals surface area contributed by atoms with E-state index in [-0.39, 0.29) is 29.9 Å². The predicted molar refractivity (Wildman–Crippen MR) is 87.3 cm³/mol. The van der Waals surface area contributed by atoms with E-state index in [9.17, 15) is 9.18 Å². The standard InChI is InChI=1S/C19H19FN2O2/c20-14-3-1-13(2-4-14)19(23)22-15-5-6-16(22)12-18(11-15)24-17-7-9-21-10-8-17/h1-4,7-10,15-16,18H,5-6,11-12H2. The van der Waals surface area contributed by atoms with Gasteiger partial charge in [-0.2, -0.15) is 0 Å². The molecular weight excluding hydrogens is 307 g/mol. The molecule has 3 heterocycles. The predicted octanol–water partition coefficient (Wildman–Crippen LogP) is 3.44. The number of carbonyl (C=O) groups is 1. The molecule has 0 aliphatic carbocycles. The number of rotatable bonds is 3. The molecule has 2 aliphatic rings. The largest absolute Gasteiger partial charge is 0.490 e. The second kappa shape index (κ2) is 6.23. The summed E-state index contributed by atoms with van der Waals surface area (Å²) in [4.78, 5) is 18.8. The Labute approximate surface area is 140 Å². The Hall–Kier alpha value is -2.43. The van der Waals surface area contributed by atoms with Gasteiger partial charge in [0.25, 0.3) is 5.91 Å². The minimum Gasteiger partial charge on any atom is -0.490 e. The number of hydrogen-bond acceptors (Lipinski definition) is 3. The summed E-state index contributed by atoms with van der Waals surface area (Å²) in [6.45, 7) is 0. The van der Waals surface area contributed by atoms with Gasteiger partial charge in [0.2, 0.25) is 0 Å². The van der Waals surface area contributed by atoms with Gasteiger partial charge in [-0.3, -0.25) is 9.78 Å². The summed E-state index contributed by atoms with van der Waals surface area (Å²) in [5.74, 6) is 0.511. The number of amides is 1. The third kappa shape index (κ3) is 2.86. The van der Waals surface area contributed by atoms with Crippen LogP contribution in [0.3, 0.4) is 0 Å². The fourth-order valence-electron chi connectivity index (χ4n) is 3.91. The number of benzene rings is 1. The van der Waals surface area contributed by atoms with Crippen LogP contribution in [-0.4, -0.2) is 34.0 Å². The van der Waals surface area contributed by atoms with Crippen LogP contribution in [0, 0.1) is 5.82 Å². The molecule has 0 N–H and O–H groups in total. The highest BCUT2D eigenvalue weighted by Gasteiger charge is 2.44. The number of hydrogen-bond donors (Lipinski definition) is 0. The third-order valence-electron chi connectivity index (χ3n) is 4.97. The van der Waals surface area contributed by atoms with Crippen LogP contribution in [0.15, 0.2) is 48.8 Å². The fourth-order valence-corrected chi connectivity index (χ4v) is 3.91. The van der Waals surface area contributed by atoms with Crippen LogP contribution in [-0.2, 0) is 0 Å². The van der Waals surface area contributed by atoms with Crippen molar-refractivity contribution >= 4 is 5.91 Å². The maximum atomic E-state index is 13.1. The molecule has 1 aromatic carbocycles. The van der Waals surface area contributed by atoms with E-state index < -0.39 is 0 Å². The molecule has 24 heavy (non-hydrogen) atoms. The van der Waals surface area contributed by atoms with Gasteiger partial charge < -0.3 is 9.64 Å². The number of pyridine rings is 1. The van der Waals surface area contributed by atoms with E-state index in [4.69, 9.17) is 4.74 Å². The first-order valence-electron chi connectivity index (χ1n) is 8.35. The average Bonchev–Trinajstić information content (AvgIpc) is 2.87. The van der Waals surface area contributed by atoms with Gasteiger partial charge in [0.05, 0.1) is 0 Å². The Morgan fingerprint density at radius 1 is 1.04 bits per heavy atom. The maximum Gasteiger partial charge on any atom is 0.254 e. The van der Waals surface area contributed by atoms with Gasteiger partial charge in [0, 0.05) is 42.9 Å². The van der Waals surface area contributed by atoms with E-state index >= 15 is 0 Å². The molecule has 1 aromatic heterocycles. The third-order valence-corrected chi connectivity index (χ3v) is 4.97. The lowest BCUT2D eigenvalue weighted by Gasteiger charge is -2.39. The summed E-state index contributed by atoms with van der Waals surface area (Å²) in [6, 6.07) is 9.94. The zero-order valence-electron chi connectivity index (χ0n) is 13.3. The summed E-state index contributed by atoms with van der Waals surface area (Å²) in [7, 11) is 0. The zero-order valence-corrected chi connectivity index (χ0v) is 13.3. The minimum atomic E-state index is -0.320. The Kier molecular flexibility index (Phi) is 3.92.